The van der Waals surface area contributed by atoms with Gasteiger partial charge in [-0.25, -0.2) is 0 Å². The fourth-order valence-electron chi connectivity index (χ4n) is 3.80. The molecule has 0 heterocycles. The molecule has 0 bridgehead atoms. The average molecular weight is 535 g/mol. The molecular weight excluding hydrogens is 495 g/mol. The van der Waals surface area contributed by atoms with Gasteiger partial charge in [0.25, 0.3) is 0 Å². The minimum absolute atomic E-state index is 0. The summed E-state index contributed by atoms with van der Waals surface area (Å²) in [6.07, 6.45) is 4.32. The van der Waals surface area contributed by atoms with Gasteiger partial charge in [-0.15, -0.1) is 24.0 Å². The second-order valence-corrected chi connectivity index (χ2v) is 9.91. The molecule has 1 aliphatic carbocycles. The van der Waals surface area contributed by atoms with Crippen LogP contribution in [0.1, 0.15) is 56.7 Å². The van der Waals surface area contributed by atoms with E-state index in [4.69, 9.17) is 4.99 Å². The zero-order valence-corrected chi connectivity index (χ0v) is 21.8. The highest BCUT2D eigenvalue weighted by Gasteiger charge is 2.26. The smallest absolute Gasteiger partial charge is 0.191 e. The van der Waals surface area contributed by atoms with E-state index < -0.39 is 10.8 Å². The molecule has 2 N–H and O–H groups in total. The van der Waals surface area contributed by atoms with Crippen LogP contribution in [0, 0.1) is 6.92 Å². The quantitative estimate of drug-likeness (QED) is 0.302. The lowest BCUT2D eigenvalue weighted by atomic mass is 9.95. The predicted octanol–water partition coefficient (Wildman–Crippen LogP) is 3.85. The molecule has 0 amide bonds. The minimum atomic E-state index is -0.704. The fourth-order valence-corrected chi connectivity index (χ4v) is 5.15. The topological polar surface area (TPSA) is 56.7 Å². The van der Waals surface area contributed by atoms with Crippen molar-refractivity contribution in [1.82, 2.24) is 15.5 Å². The van der Waals surface area contributed by atoms with Crippen molar-refractivity contribution in [3.63, 3.8) is 0 Å². The van der Waals surface area contributed by atoms with Gasteiger partial charge in [0.05, 0.1) is 12.6 Å². The van der Waals surface area contributed by atoms with Crippen molar-refractivity contribution in [1.29, 1.82) is 0 Å². The maximum absolute atomic E-state index is 12.2. The van der Waals surface area contributed by atoms with Crippen LogP contribution in [0.2, 0.25) is 0 Å². The third-order valence-electron chi connectivity index (χ3n) is 5.48. The first kappa shape index (κ1) is 26.4. The van der Waals surface area contributed by atoms with Crippen LogP contribution in [-0.4, -0.2) is 59.3 Å². The Hall–Kier alpha value is -0.670. The van der Waals surface area contributed by atoms with Crippen LogP contribution in [-0.2, 0) is 10.8 Å². The molecule has 7 heteroatoms. The van der Waals surface area contributed by atoms with Gasteiger partial charge in [-0.3, -0.25) is 9.20 Å². The van der Waals surface area contributed by atoms with E-state index in [1.807, 2.05) is 6.92 Å². The predicted molar refractivity (Wildman–Crippen MR) is 137 cm³/mol. The van der Waals surface area contributed by atoms with Gasteiger partial charge in [0.15, 0.2) is 5.96 Å². The van der Waals surface area contributed by atoms with Crippen molar-refractivity contribution < 1.29 is 4.21 Å². The minimum Gasteiger partial charge on any atom is -0.357 e. The number of halogens is 1. The van der Waals surface area contributed by atoms with E-state index in [0.717, 1.165) is 43.9 Å². The molecule has 0 spiro atoms. The summed E-state index contributed by atoms with van der Waals surface area (Å²) in [6.45, 7) is 7.76. The second-order valence-electron chi connectivity index (χ2n) is 7.91. The summed E-state index contributed by atoms with van der Waals surface area (Å²) in [7, 11) is 3.50. The number of likely N-dealkylation sites (N-methyl/N-ethyl adjacent to an activating group) is 1. The zero-order valence-electron chi connectivity index (χ0n) is 18.6. The van der Waals surface area contributed by atoms with Crippen molar-refractivity contribution in [2.45, 2.75) is 63.8 Å². The molecule has 1 aromatic rings. The third-order valence-corrected chi connectivity index (χ3v) is 7.22. The average Bonchev–Trinajstić information content (AvgIpc) is 2.69. The highest BCUT2D eigenvalue weighted by molar-refractivity contribution is 14.0. The summed E-state index contributed by atoms with van der Waals surface area (Å²) in [5.74, 6) is 1.63. The van der Waals surface area contributed by atoms with E-state index in [1.165, 1.54) is 11.1 Å². The van der Waals surface area contributed by atoms with Crippen molar-refractivity contribution >= 4 is 40.7 Å². The number of hydrogen-bond acceptors (Lipinski definition) is 3. The molecule has 0 radical (unpaired) electrons. The Morgan fingerprint density at radius 3 is 2.52 bits per heavy atom. The van der Waals surface area contributed by atoms with E-state index >= 15 is 0 Å². The number of benzene rings is 1. The Labute approximate surface area is 197 Å². The first-order valence-corrected chi connectivity index (χ1v) is 12.0. The van der Waals surface area contributed by atoms with Gasteiger partial charge in [0.2, 0.25) is 0 Å². The molecule has 2 rings (SSSR count). The first-order chi connectivity index (χ1) is 13.4. The number of aliphatic imine (C=N–C) groups is 1. The molecule has 0 saturated heterocycles. The standard InChI is InChI=1S/C22H38N4OS.HI/c1-6-23-22(25-19-9-8-10-20(15-19)28(27)7-2)24-16-21(26(4)5)18-13-11-17(3)12-14-18;/h11-14,19-21H,6-10,15-16H2,1-5H3,(H2,23,24,25);1H. The maximum atomic E-state index is 12.2. The Balaban J connectivity index is 0.00000420. The second kappa shape index (κ2) is 13.6. The van der Waals surface area contributed by atoms with Gasteiger partial charge in [-0.1, -0.05) is 43.2 Å². The highest BCUT2D eigenvalue weighted by atomic mass is 127. The van der Waals surface area contributed by atoms with E-state index in [0.29, 0.717) is 17.8 Å². The number of nitrogens with one attached hydrogen (secondary N) is 2. The molecule has 0 aromatic heterocycles. The van der Waals surface area contributed by atoms with Gasteiger partial charge in [-0.2, -0.15) is 0 Å². The Kier molecular flexibility index (Phi) is 12.4. The van der Waals surface area contributed by atoms with Crippen LogP contribution in [0.5, 0.6) is 0 Å². The lowest BCUT2D eigenvalue weighted by Crippen LogP contribution is -2.47. The Bertz CT molecular complexity index is 651. The number of rotatable bonds is 8. The van der Waals surface area contributed by atoms with Crippen molar-refractivity contribution in [2.24, 2.45) is 4.99 Å². The first-order valence-electron chi connectivity index (χ1n) is 10.6. The summed E-state index contributed by atoms with van der Waals surface area (Å²) in [5, 5.41) is 7.31. The lowest BCUT2D eigenvalue weighted by molar-refractivity contribution is 0.306. The summed E-state index contributed by atoms with van der Waals surface area (Å²) in [6, 6.07) is 9.31. The number of hydrogen-bond donors (Lipinski definition) is 2. The van der Waals surface area contributed by atoms with E-state index in [2.05, 4.69) is 67.7 Å². The molecule has 4 unspecified atom stereocenters. The summed E-state index contributed by atoms with van der Waals surface area (Å²) in [4.78, 5) is 7.12. The van der Waals surface area contributed by atoms with Crippen LogP contribution in [0.3, 0.4) is 0 Å². The van der Waals surface area contributed by atoms with Gasteiger partial charge < -0.3 is 15.5 Å². The van der Waals surface area contributed by atoms with E-state index in [-0.39, 0.29) is 30.0 Å². The third kappa shape index (κ3) is 8.53. The summed E-state index contributed by atoms with van der Waals surface area (Å²) < 4.78 is 12.2. The molecule has 1 aromatic carbocycles. The Morgan fingerprint density at radius 2 is 1.93 bits per heavy atom. The maximum Gasteiger partial charge on any atom is 0.191 e. The number of nitrogens with zero attached hydrogens (tertiary/aromatic N) is 2. The van der Waals surface area contributed by atoms with Crippen LogP contribution in [0.4, 0.5) is 0 Å². The SMILES string of the molecule is CCNC(=NCC(c1ccc(C)cc1)N(C)C)NC1CCCC(S(=O)CC)C1.I. The fraction of sp³-hybridized carbons (Fsp3) is 0.682. The van der Waals surface area contributed by atoms with Crippen LogP contribution >= 0.6 is 24.0 Å². The molecule has 4 atom stereocenters. The molecule has 29 heavy (non-hydrogen) atoms. The summed E-state index contributed by atoms with van der Waals surface area (Å²) in [5.41, 5.74) is 2.56. The zero-order chi connectivity index (χ0) is 20.5. The largest absolute Gasteiger partial charge is 0.357 e. The Morgan fingerprint density at radius 1 is 1.24 bits per heavy atom. The summed E-state index contributed by atoms with van der Waals surface area (Å²) >= 11 is 0. The number of guanidine groups is 1. The van der Waals surface area contributed by atoms with Crippen LogP contribution in [0.25, 0.3) is 0 Å². The molecular formula is C22H39IN4OS. The van der Waals surface area contributed by atoms with Crippen molar-refractivity contribution in [3.8, 4) is 0 Å². The van der Waals surface area contributed by atoms with Gasteiger partial charge in [0, 0.05) is 34.4 Å². The molecule has 0 aliphatic heterocycles. The molecule has 1 aliphatic rings. The van der Waals surface area contributed by atoms with E-state index in [9.17, 15) is 4.21 Å². The monoisotopic (exact) mass is 534 g/mol. The van der Waals surface area contributed by atoms with Crippen LogP contribution in [0.15, 0.2) is 29.3 Å². The molecule has 1 saturated carbocycles. The van der Waals surface area contributed by atoms with Crippen LogP contribution < -0.4 is 10.6 Å². The molecule has 1 fully saturated rings. The molecule has 166 valence electrons. The molecule has 5 nitrogen and oxygen atoms in total. The van der Waals surface area contributed by atoms with Crippen molar-refractivity contribution in [3.05, 3.63) is 35.4 Å². The van der Waals surface area contributed by atoms with Crippen molar-refractivity contribution in [2.75, 3.05) is 32.9 Å². The highest BCUT2D eigenvalue weighted by Crippen LogP contribution is 2.23. The van der Waals surface area contributed by atoms with Gasteiger partial charge in [0.1, 0.15) is 0 Å². The lowest BCUT2D eigenvalue weighted by Gasteiger charge is -2.30. The van der Waals surface area contributed by atoms with Gasteiger partial charge in [-0.05, 0) is 52.8 Å². The van der Waals surface area contributed by atoms with Gasteiger partial charge >= 0.3 is 0 Å². The number of aryl methyl sites for hydroxylation is 1. The normalized spacial score (nSPS) is 21.9. The van der Waals surface area contributed by atoms with E-state index in [1.54, 1.807) is 0 Å².